The maximum Gasteiger partial charge on any atom is 0.306 e. The normalized spacial score (nSPS) is 12.1. The molecule has 0 spiro atoms. The highest BCUT2D eigenvalue weighted by Gasteiger charge is 2.19. The van der Waals surface area contributed by atoms with Crippen LogP contribution in [-0.4, -0.2) is 37.2 Å². The SMILES string of the molecule is CCCC/C=C\C/C=C\CCCCCCCC(=O)OC(COC(=O)CCCCCCCCCCC)COC(=O)CCCCCCCCCCCCCCCCCCCC. The molecule has 0 N–H and O–H groups in total. The first-order valence-electron chi connectivity index (χ1n) is 25.8. The molecule has 0 saturated heterocycles. The number of carbonyl (C=O) groups is 3. The van der Waals surface area contributed by atoms with Crippen LogP contribution in [0.25, 0.3) is 0 Å². The minimum Gasteiger partial charge on any atom is -0.462 e. The first kappa shape index (κ1) is 56.9. The van der Waals surface area contributed by atoms with Crippen LogP contribution in [0.3, 0.4) is 0 Å². The van der Waals surface area contributed by atoms with E-state index in [0.717, 1.165) is 83.5 Å². The van der Waals surface area contributed by atoms with Gasteiger partial charge in [0.1, 0.15) is 13.2 Å². The van der Waals surface area contributed by atoms with Crippen LogP contribution in [0.4, 0.5) is 0 Å². The van der Waals surface area contributed by atoms with Crippen LogP contribution in [0.2, 0.25) is 0 Å². The van der Waals surface area contributed by atoms with Crippen LogP contribution in [0, 0.1) is 0 Å². The Morgan fingerprint density at radius 2 is 0.627 bits per heavy atom. The average Bonchev–Trinajstić information content (AvgIpc) is 3.23. The summed E-state index contributed by atoms with van der Waals surface area (Å²) in [6.45, 7) is 6.59. The Hall–Kier alpha value is -2.11. The molecule has 0 aliphatic rings. The van der Waals surface area contributed by atoms with Gasteiger partial charge in [-0.05, 0) is 44.9 Å². The van der Waals surface area contributed by atoms with E-state index in [1.54, 1.807) is 0 Å². The molecule has 0 aromatic rings. The van der Waals surface area contributed by atoms with Crippen molar-refractivity contribution in [3.8, 4) is 0 Å². The number of hydrogen-bond acceptors (Lipinski definition) is 6. The summed E-state index contributed by atoms with van der Waals surface area (Å²) in [6, 6.07) is 0. The largest absolute Gasteiger partial charge is 0.462 e. The van der Waals surface area contributed by atoms with Gasteiger partial charge >= 0.3 is 17.9 Å². The lowest BCUT2D eigenvalue weighted by molar-refractivity contribution is -0.167. The molecule has 1 atom stereocenters. The molecule has 0 heterocycles. The molecule has 0 aliphatic heterocycles. The second-order valence-electron chi connectivity index (χ2n) is 17.4. The number of allylic oxidation sites excluding steroid dienone is 4. The van der Waals surface area contributed by atoms with Gasteiger partial charge in [0.25, 0.3) is 0 Å². The topological polar surface area (TPSA) is 78.9 Å². The van der Waals surface area contributed by atoms with Gasteiger partial charge in [0.2, 0.25) is 0 Å². The molecule has 0 aliphatic carbocycles. The van der Waals surface area contributed by atoms with E-state index >= 15 is 0 Å². The van der Waals surface area contributed by atoms with E-state index in [9.17, 15) is 14.4 Å². The van der Waals surface area contributed by atoms with E-state index in [-0.39, 0.29) is 31.1 Å². The van der Waals surface area contributed by atoms with Crippen LogP contribution in [0.15, 0.2) is 24.3 Å². The zero-order chi connectivity index (χ0) is 43.0. The fourth-order valence-electron chi connectivity index (χ4n) is 7.52. The van der Waals surface area contributed by atoms with E-state index in [0.29, 0.717) is 19.3 Å². The van der Waals surface area contributed by atoms with Crippen molar-refractivity contribution >= 4 is 17.9 Å². The molecule has 0 bridgehead atoms. The van der Waals surface area contributed by atoms with Gasteiger partial charge in [-0.25, -0.2) is 0 Å². The van der Waals surface area contributed by atoms with Crippen molar-refractivity contribution in [1.82, 2.24) is 0 Å². The van der Waals surface area contributed by atoms with Crippen molar-refractivity contribution in [3.05, 3.63) is 24.3 Å². The molecule has 346 valence electrons. The average molecular weight is 831 g/mol. The van der Waals surface area contributed by atoms with Gasteiger partial charge in [-0.1, -0.05) is 238 Å². The Morgan fingerprint density at radius 3 is 0.983 bits per heavy atom. The smallest absolute Gasteiger partial charge is 0.306 e. The number of esters is 3. The van der Waals surface area contributed by atoms with Crippen molar-refractivity contribution in [2.45, 2.75) is 284 Å². The van der Waals surface area contributed by atoms with E-state index < -0.39 is 6.10 Å². The fourth-order valence-corrected chi connectivity index (χ4v) is 7.52. The van der Waals surface area contributed by atoms with Crippen molar-refractivity contribution < 1.29 is 28.6 Å². The van der Waals surface area contributed by atoms with Crippen LogP contribution in [0.1, 0.15) is 278 Å². The fraction of sp³-hybridized carbons (Fsp3) is 0.868. The Morgan fingerprint density at radius 1 is 0.339 bits per heavy atom. The zero-order valence-electron chi connectivity index (χ0n) is 39.5. The number of hydrogen-bond donors (Lipinski definition) is 0. The van der Waals surface area contributed by atoms with Gasteiger partial charge in [0.05, 0.1) is 0 Å². The molecule has 59 heavy (non-hydrogen) atoms. The van der Waals surface area contributed by atoms with Gasteiger partial charge in [0, 0.05) is 19.3 Å². The first-order valence-corrected chi connectivity index (χ1v) is 25.8. The van der Waals surface area contributed by atoms with Gasteiger partial charge in [-0.3, -0.25) is 14.4 Å². The molecule has 0 aromatic heterocycles. The summed E-state index contributed by atoms with van der Waals surface area (Å²) in [5, 5.41) is 0. The molecule has 6 nitrogen and oxygen atoms in total. The predicted octanol–water partition coefficient (Wildman–Crippen LogP) is 16.8. The molecule has 0 rings (SSSR count). The molecular formula is C53H98O6. The maximum atomic E-state index is 12.8. The molecule has 1 unspecified atom stereocenters. The maximum absolute atomic E-state index is 12.8. The lowest BCUT2D eigenvalue weighted by Gasteiger charge is -2.18. The standard InChI is InChI=1S/C53H98O6/c1-4-7-10-13-16-19-21-23-25-26-27-28-30-31-34-37-40-43-46-52(55)58-49-50(48-57-51(54)45-42-39-36-33-18-15-12-9-6-3)59-53(56)47-44-41-38-35-32-29-24-22-20-17-14-11-8-5-2/h14,17,22,24,50H,4-13,15-16,18-21,23,25-49H2,1-3H3/b17-14-,24-22-. The van der Waals surface area contributed by atoms with Crippen LogP contribution < -0.4 is 0 Å². The molecule has 0 fully saturated rings. The van der Waals surface area contributed by atoms with E-state index in [2.05, 4.69) is 45.1 Å². The van der Waals surface area contributed by atoms with Gasteiger partial charge in [-0.15, -0.1) is 0 Å². The summed E-state index contributed by atoms with van der Waals surface area (Å²) < 4.78 is 16.8. The van der Waals surface area contributed by atoms with E-state index in [1.165, 1.54) is 154 Å². The third kappa shape index (κ3) is 46.8. The Balaban J connectivity index is 4.27. The van der Waals surface area contributed by atoms with Gasteiger partial charge in [-0.2, -0.15) is 0 Å². The Bertz CT molecular complexity index is 958. The van der Waals surface area contributed by atoms with Crippen LogP contribution in [0.5, 0.6) is 0 Å². The summed E-state index contributed by atoms with van der Waals surface area (Å²) in [4.78, 5) is 37.8. The highest BCUT2D eigenvalue weighted by molar-refractivity contribution is 5.71. The minimum atomic E-state index is -0.771. The third-order valence-corrected chi connectivity index (χ3v) is 11.5. The number of rotatable bonds is 47. The van der Waals surface area contributed by atoms with Crippen molar-refractivity contribution in [1.29, 1.82) is 0 Å². The third-order valence-electron chi connectivity index (χ3n) is 11.5. The predicted molar refractivity (Wildman–Crippen MR) is 252 cm³/mol. The van der Waals surface area contributed by atoms with Gasteiger partial charge < -0.3 is 14.2 Å². The molecule has 0 amide bonds. The molecule has 0 radical (unpaired) electrons. The van der Waals surface area contributed by atoms with Crippen molar-refractivity contribution in [2.75, 3.05) is 13.2 Å². The number of carbonyl (C=O) groups excluding carboxylic acids is 3. The summed E-state index contributed by atoms with van der Waals surface area (Å²) >= 11 is 0. The Labute approximate surface area is 366 Å². The lowest BCUT2D eigenvalue weighted by Crippen LogP contribution is -2.30. The molecule has 0 saturated carbocycles. The second kappa shape index (κ2) is 48.6. The molecule has 0 aromatic carbocycles. The summed E-state index contributed by atoms with van der Waals surface area (Å²) in [6.07, 6.45) is 54.5. The summed E-state index contributed by atoms with van der Waals surface area (Å²) in [5.41, 5.74) is 0. The van der Waals surface area contributed by atoms with Gasteiger partial charge in [0.15, 0.2) is 6.10 Å². The monoisotopic (exact) mass is 831 g/mol. The highest BCUT2D eigenvalue weighted by atomic mass is 16.6. The number of unbranched alkanes of at least 4 members (excludes halogenated alkanes) is 32. The van der Waals surface area contributed by atoms with Crippen LogP contribution in [-0.2, 0) is 28.6 Å². The van der Waals surface area contributed by atoms with Crippen molar-refractivity contribution in [3.63, 3.8) is 0 Å². The quantitative estimate of drug-likeness (QED) is 0.0263. The minimum absolute atomic E-state index is 0.0724. The van der Waals surface area contributed by atoms with Crippen molar-refractivity contribution in [2.24, 2.45) is 0 Å². The second-order valence-corrected chi connectivity index (χ2v) is 17.4. The first-order chi connectivity index (χ1) is 29.0. The summed E-state index contributed by atoms with van der Waals surface area (Å²) in [7, 11) is 0. The molecular weight excluding hydrogens is 733 g/mol. The van der Waals surface area contributed by atoms with Crippen LogP contribution >= 0.6 is 0 Å². The summed E-state index contributed by atoms with van der Waals surface area (Å²) in [5.74, 6) is -0.876. The lowest BCUT2D eigenvalue weighted by atomic mass is 10.0. The Kier molecular flexibility index (Phi) is 46.8. The highest BCUT2D eigenvalue weighted by Crippen LogP contribution is 2.16. The zero-order valence-corrected chi connectivity index (χ0v) is 39.5. The van der Waals surface area contributed by atoms with E-state index in [4.69, 9.17) is 14.2 Å². The molecule has 6 heteroatoms. The van der Waals surface area contributed by atoms with E-state index in [1.807, 2.05) is 0 Å². The number of ether oxygens (including phenoxy) is 3.